The van der Waals surface area contributed by atoms with Crippen molar-refractivity contribution in [3.8, 4) is 5.75 Å². The van der Waals surface area contributed by atoms with Crippen LogP contribution >= 0.6 is 11.8 Å². The molecule has 0 aromatic heterocycles. The number of anilines is 2. The lowest BCUT2D eigenvalue weighted by Crippen LogP contribution is -2.53. The van der Waals surface area contributed by atoms with Gasteiger partial charge in [-0.1, -0.05) is 41.6 Å². The summed E-state index contributed by atoms with van der Waals surface area (Å²) >= 11 is 1.43. The van der Waals surface area contributed by atoms with Crippen molar-refractivity contribution in [2.75, 3.05) is 43.6 Å². The van der Waals surface area contributed by atoms with Crippen molar-refractivity contribution in [1.29, 1.82) is 0 Å². The van der Waals surface area contributed by atoms with E-state index in [9.17, 15) is 9.59 Å². The highest BCUT2D eigenvalue weighted by Gasteiger charge is 2.30. The minimum absolute atomic E-state index is 0.00164. The third-order valence-electron chi connectivity index (χ3n) is 6.97. The molecule has 0 bridgehead atoms. The molecular formula is C30H31N3O3S. The van der Waals surface area contributed by atoms with E-state index in [0.29, 0.717) is 23.6 Å². The van der Waals surface area contributed by atoms with Crippen LogP contribution in [0, 0.1) is 6.92 Å². The Hall–Kier alpha value is -3.71. The minimum atomic E-state index is -0.0924. The summed E-state index contributed by atoms with van der Waals surface area (Å²) in [6.45, 7) is 6.34. The molecule has 0 N–H and O–H groups in total. The Bertz CT molecular complexity index is 1370. The van der Waals surface area contributed by atoms with Crippen LogP contribution < -0.4 is 14.5 Å². The van der Waals surface area contributed by atoms with Gasteiger partial charge in [0.1, 0.15) is 5.75 Å². The van der Waals surface area contributed by atoms with E-state index in [1.54, 1.807) is 19.1 Å². The maximum atomic E-state index is 13.4. The number of piperazine rings is 1. The predicted octanol–water partition coefficient (Wildman–Crippen LogP) is 5.46. The Morgan fingerprint density at radius 2 is 1.84 bits per heavy atom. The van der Waals surface area contributed by atoms with Gasteiger partial charge in [-0.15, -0.1) is 0 Å². The molecule has 1 atom stereocenters. The van der Waals surface area contributed by atoms with Gasteiger partial charge in [0.15, 0.2) is 0 Å². The van der Waals surface area contributed by atoms with Crippen LogP contribution in [0.15, 0.2) is 76.5 Å². The minimum Gasteiger partial charge on any atom is -0.497 e. The average molecular weight is 514 g/mol. The fourth-order valence-corrected chi connectivity index (χ4v) is 5.95. The first kappa shape index (κ1) is 25.0. The molecule has 2 heterocycles. The molecule has 0 spiro atoms. The van der Waals surface area contributed by atoms with Gasteiger partial charge in [0.25, 0.3) is 11.8 Å². The lowest BCUT2D eigenvalue weighted by atomic mass is 10.1. The van der Waals surface area contributed by atoms with Gasteiger partial charge in [-0.05, 0) is 68.0 Å². The van der Waals surface area contributed by atoms with Crippen molar-refractivity contribution < 1.29 is 14.3 Å². The number of hydrogen-bond donors (Lipinski definition) is 0. The van der Waals surface area contributed by atoms with Gasteiger partial charge in [-0.2, -0.15) is 0 Å². The molecule has 2 amide bonds. The summed E-state index contributed by atoms with van der Waals surface area (Å²) in [5, 5.41) is 0. The second-order valence-corrected chi connectivity index (χ2v) is 10.6. The van der Waals surface area contributed by atoms with Gasteiger partial charge >= 0.3 is 0 Å². The number of carbonyl (C=O) groups is 2. The number of amides is 2. The molecule has 2 aliphatic heterocycles. The number of benzene rings is 3. The Kier molecular flexibility index (Phi) is 6.98. The van der Waals surface area contributed by atoms with E-state index in [4.69, 9.17) is 4.74 Å². The van der Waals surface area contributed by atoms with Gasteiger partial charge in [0.2, 0.25) is 0 Å². The van der Waals surface area contributed by atoms with E-state index in [1.807, 2.05) is 53.4 Å². The highest BCUT2D eigenvalue weighted by Crippen LogP contribution is 2.42. The van der Waals surface area contributed by atoms with Crippen LogP contribution in [-0.4, -0.2) is 56.5 Å². The summed E-state index contributed by atoms with van der Waals surface area (Å²) in [4.78, 5) is 34.1. The molecule has 1 fully saturated rings. The van der Waals surface area contributed by atoms with Crippen molar-refractivity contribution in [3.63, 3.8) is 0 Å². The third kappa shape index (κ3) is 5.09. The molecule has 190 valence electrons. The summed E-state index contributed by atoms with van der Waals surface area (Å²) in [7, 11) is 3.39. The number of ether oxygens (including phenoxy) is 1. The third-order valence-corrected chi connectivity index (χ3v) is 8.05. The molecule has 0 radical (unpaired) electrons. The van der Waals surface area contributed by atoms with Gasteiger partial charge in [-0.25, -0.2) is 0 Å². The van der Waals surface area contributed by atoms with Crippen molar-refractivity contribution in [2.45, 2.75) is 24.8 Å². The molecule has 2 aliphatic rings. The summed E-state index contributed by atoms with van der Waals surface area (Å²) in [5.41, 5.74) is 4.69. The normalized spacial score (nSPS) is 18.7. The first-order chi connectivity index (χ1) is 17.8. The zero-order valence-electron chi connectivity index (χ0n) is 21.6. The molecule has 5 rings (SSSR count). The Morgan fingerprint density at radius 3 is 2.57 bits per heavy atom. The van der Waals surface area contributed by atoms with Gasteiger partial charge in [0, 0.05) is 48.9 Å². The van der Waals surface area contributed by atoms with Crippen LogP contribution in [0.4, 0.5) is 11.4 Å². The summed E-state index contributed by atoms with van der Waals surface area (Å²) in [6, 6.07) is 22.0. The second-order valence-electron chi connectivity index (χ2n) is 9.56. The molecule has 0 saturated carbocycles. The number of hydrogen-bond acceptors (Lipinski definition) is 5. The molecule has 3 aromatic carbocycles. The molecule has 7 heteroatoms. The molecule has 3 aromatic rings. The summed E-state index contributed by atoms with van der Waals surface area (Å²) < 4.78 is 5.30. The van der Waals surface area contributed by atoms with Crippen LogP contribution in [0.2, 0.25) is 0 Å². The number of thioether (sulfide) groups is 1. The lowest BCUT2D eigenvalue weighted by molar-refractivity contribution is -0.114. The standard InChI is InChI=1S/C30H31N3O3S/c1-20-8-11-24(12-9-20)33-15-14-32(19-21(33)2)29(34)23-10-13-27-26(18-23)31(3)30(35)28(37-27)17-22-6-5-7-25(16-22)36-4/h5-13,16-18,21H,14-15,19H2,1-4H3/b28-17-/t21-/m1/s1. The van der Waals surface area contributed by atoms with Crippen LogP contribution in [0.5, 0.6) is 5.75 Å². The predicted molar refractivity (Wildman–Crippen MR) is 151 cm³/mol. The topological polar surface area (TPSA) is 53.1 Å². The Morgan fingerprint density at radius 1 is 1.05 bits per heavy atom. The van der Waals surface area contributed by atoms with Crippen LogP contribution in [0.25, 0.3) is 6.08 Å². The average Bonchev–Trinajstić information content (AvgIpc) is 2.91. The van der Waals surface area contributed by atoms with E-state index in [2.05, 4.69) is 43.0 Å². The fraction of sp³-hybridized carbons (Fsp3) is 0.267. The van der Waals surface area contributed by atoms with Crippen LogP contribution in [0.3, 0.4) is 0 Å². The van der Waals surface area contributed by atoms with Gasteiger partial charge < -0.3 is 19.4 Å². The number of carbonyl (C=O) groups excluding carboxylic acids is 2. The van der Waals surface area contributed by atoms with E-state index in [-0.39, 0.29) is 17.9 Å². The Balaban J connectivity index is 1.32. The molecule has 0 aliphatic carbocycles. The number of likely N-dealkylation sites (N-methyl/N-ethyl adjacent to an activating group) is 1. The number of nitrogens with zero attached hydrogens (tertiary/aromatic N) is 3. The van der Waals surface area contributed by atoms with Crippen LogP contribution in [-0.2, 0) is 4.79 Å². The maximum absolute atomic E-state index is 13.4. The number of rotatable bonds is 4. The summed E-state index contributed by atoms with van der Waals surface area (Å²) in [6.07, 6.45) is 1.88. The maximum Gasteiger partial charge on any atom is 0.264 e. The Labute approximate surface area is 222 Å². The molecule has 0 unspecified atom stereocenters. The smallest absolute Gasteiger partial charge is 0.264 e. The second kappa shape index (κ2) is 10.3. The monoisotopic (exact) mass is 513 g/mol. The van der Waals surface area contributed by atoms with Gasteiger partial charge in [0.05, 0.1) is 17.7 Å². The zero-order chi connectivity index (χ0) is 26.1. The fourth-order valence-electron chi connectivity index (χ4n) is 4.85. The highest BCUT2D eigenvalue weighted by molar-refractivity contribution is 8.04. The van der Waals surface area contributed by atoms with Crippen molar-refractivity contribution in [1.82, 2.24) is 4.90 Å². The molecule has 37 heavy (non-hydrogen) atoms. The quantitative estimate of drug-likeness (QED) is 0.434. The molecule has 6 nitrogen and oxygen atoms in total. The zero-order valence-corrected chi connectivity index (χ0v) is 22.4. The SMILES string of the molecule is COc1cccc(/C=C2\Sc3ccc(C(=O)N4CCN(c5ccc(C)cc5)[C@H](C)C4)cc3N(C)C2=O)c1. The van der Waals surface area contributed by atoms with Gasteiger partial charge in [-0.3, -0.25) is 9.59 Å². The van der Waals surface area contributed by atoms with Crippen molar-refractivity contribution in [2.24, 2.45) is 0 Å². The number of methoxy groups -OCH3 is 1. The molecular weight excluding hydrogens is 482 g/mol. The van der Waals surface area contributed by atoms with E-state index >= 15 is 0 Å². The van der Waals surface area contributed by atoms with E-state index < -0.39 is 0 Å². The lowest BCUT2D eigenvalue weighted by Gasteiger charge is -2.41. The van der Waals surface area contributed by atoms with E-state index in [0.717, 1.165) is 28.4 Å². The largest absolute Gasteiger partial charge is 0.497 e. The van der Waals surface area contributed by atoms with Crippen molar-refractivity contribution in [3.05, 3.63) is 88.3 Å². The van der Waals surface area contributed by atoms with E-state index in [1.165, 1.54) is 23.0 Å². The first-order valence-corrected chi connectivity index (χ1v) is 13.2. The highest BCUT2D eigenvalue weighted by atomic mass is 32.2. The van der Waals surface area contributed by atoms with Crippen molar-refractivity contribution >= 4 is 41.0 Å². The molecule has 1 saturated heterocycles. The summed E-state index contributed by atoms with van der Waals surface area (Å²) in [5.74, 6) is 0.653. The number of fused-ring (bicyclic) bond motifs is 1. The van der Waals surface area contributed by atoms with Crippen LogP contribution in [0.1, 0.15) is 28.4 Å². The first-order valence-electron chi connectivity index (χ1n) is 12.4. The number of aryl methyl sites for hydroxylation is 1.